The van der Waals surface area contributed by atoms with Crippen LogP contribution in [0.5, 0.6) is 0 Å². The van der Waals surface area contributed by atoms with Crippen LogP contribution in [0.2, 0.25) is 0 Å². The molecule has 0 radical (unpaired) electrons. The van der Waals surface area contributed by atoms with Gasteiger partial charge in [0.1, 0.15) is 0 Å². The van der Waals surface area contributed by atoms with Crippen LogP contribution in [0.15, 0.2) is 33.6 Å². The number of rotatable bonds is 18. The first kappa shape index (κ1) is 29.2. The van der Waals surface area contributed by atoms with Gasteiger partial charge < -0.3 is 4.90 Å². The second kappa shape index (κ2) is 17.2. The van der Waals surface area contributed by atoms with Gasteiger partial charge in [-0.2, -0.15) is 0 Å². The van der Waals surface area contributed by atoms with Crippen LogP contribution < -0.4 is 5.76 Å². The summed E-state index contributed by atoms with van der Waals surface area (Å²) >= 11 is 0. The minimum Gasteiger partial charge on any atom is -0.336 e. The summed E-state index contributed by atoms with van der Waals surface area (Å²) in [5.41, 5.74) is 1.94. The zero-order chi connectivity index (χ0) is 26.1. The van der Waals surface area contributed by atoms with E-state index in [9.17, 15) is 9.59 Å². The Kier molecular flexibility index (Phi) is 13.5. The Hall–Kier alpha value is -2.41. The minimum absolute atomic E-state index is 0.136. The van der Waals surface area contributed by atoms with Crippen molar-refractivity contribution in [3.63, 3.8) is 0 Å². The Balaban J connectivity index is 1.21. The summed E-state index contributed by atoms with van der Waals surface area (Å²) in [6.45, 7) is 7.03. The molecule has 0 saturated carbocycles. The van der Waals surface area contributed by atoms with Crippen molar-refractivity contribution in [3.05, 3.63) is 51.8 Å². The van der Waals surface area contributed by atoms with Gasteiger partial charge in [0.2, 0.25) is 0 Å². The maximum Gasteiger partial charge on any atom is 0.438 e. The summed E-state index contributed by atoms with van der Waals surface area (Å²) < 4.78 is 4.52. The molecule has 2 heterocycles. The van der Waals surface area contributed by atoms with Gasteiger partial charge >= 0.3 is 5.76 Å². The number of unbranched alkanes of at least 4 members (excludes halogenated alkanes) is 11. The standard InChI is InChI=1S/C30H48N4O3/c1-2-3-4-5-6-7-8-9-10-11-12-13-21-33-22-24-34(25-23-33)29(35)27-19-17-26(18-20-27)15-14-16-28-31-30(36)37-32-28/h17-20H,2-16,21-25H2,1H3,(H,31,32,36). The topological polar surface area (TPSA) is 82.4 Å². The molecule has 0 aliphatic carbocycles. The predicted octanol–water partition coefficient (Wildman–Crippen LogP) is 6.00. The van der Waals surface area contributed by atoms with Crippen LogP contribution >= 0.6 is 0 Å². The van der Waals surface area contributed by atoms with Gasteiger partial charge in [0.05, 0.1) is 0 Å². The maximum absolute atomic E-state index is 12.9. The lowest BCUT2D eigenvalue weighted by Gasteiger charge is -2.34. The number of aromatic amines is 1. The van der Waals surface area contributed by atoms with Crippen molar-refractivity contribution < 1.29 is 9.32 Å². The number of amides is 1. The normalized spacial score (nSPS) is 14.4. The van der Waals surface area contributed by atoms with Gasteiger partial charge in [-0.05, 0) is 43.5 Å². The molecule has 1 aromatic heterocycles. The van der Waals surface area contributed by atoms with Crippen molar-refractivity contribution in [2.45, 2.75) is 103 Å². The molecule has 3 rings (SSSR count). The Labute approximate surface area is 223 Å². The average Bonchev–Trinajstić information content (AvgIpc) is 3.34. The molecule has 0 spiro atoms. The fourth-order valence-corrected chi connectivity index (χ4v) is 5.18. The Bertz CT molecular complexity index is 929. The highest BCUT2D eigenvalue weighted by molar-refractivity contribution is 5.94. The number of aromatic nitrogens is 2. The van der Waals surface area contributed by atoms with E-state index in [1.807, 2.05) is 29.2 Å². The minimum atomic E-state index is -0.511. The van der Waals surface area contributed by atoms with Crippen molar-refractivity contribution in [1.29, 1.82) is 0 Å². The SMILES string of the molecule is CCCCCCCCCCCCCCN1CCN(C(=O)c2ccc(CCCc3noc(=O)[nH]3)cc2)CC1. The second-order valence-electron chi connectivity index (χ2n) is 10.6. The first-order valence-corrected chi connectivity index (χ1v) is 14.8. The Morgan fingerprint density at radius 1 is 0.811 bits per heavy atom. The maximum atomic E-state index is 12.9. The third-order valence-electron chi connectivity index (χ3n) is 7.55. The Morgan fingerprint density at radius 2 is 1.41 bits per heavy atom. The van der Waals surface area contributed by atoms with Crippen molar-refractivity contribution in [1.82, 2.24) is 19.9 Å². The first-order valence-electron chi connectivity index (χ1n) is 14.8. The summed E-state index contributed by atoms with van der Waals surface area (Å²) in [6, 6.07) is 7.94. The molecule has 1 aliphatic heterocycles. The number of carbonyl (C=O) groups excluding carboxylic acids is 1. The fraction of sp³-hybridized carbons (Fsp3) is 0.700. The van der Waals surface area contributed by atoms with E-state index in [1.165, 1.54) is 82.6 Å². The smallest absolute Gasteiger partial charge is 0.336 e. The summed E-state index contributed by atoms with van der Waals surface area (Å²) in [4.78, 5) is 31.0. The molecule has 206 valence electrons. The van der Waals surface area contributed by atoms with Crippen molar-refractivity contribution in [3.8, 4) is 0 Å². The summed E-state index contributed by atoms with van der Waals surface area (Å²) in [7, 11) is 0. The van der Waals surface area contributed by atoms with Gasteiger partial charge in [0.25, 0.3) is 5.91 Å². The molecular formula is C30H48N4O3. The summed E-state index contributed by atoms with van der Waals surface area (Å²) in [6.07, 6.45) is 19.0. The molecule has 7 nitrogen and oxygen atoms in total. The lowest BCUT2D eigenvalue weighted by molar-refractivity contribution is 0.0635. The highest BCUT2D eigenvalue weighted by Crippen LogP contribution is 2.14. The molecule has 1 fully saturated rings. The largest absolute Gasteiger partial charge is 0.438 e. The molecule has 1 aliphatic rings. The quantitative estimate of drug-likeness (QED) is 0.248. The summed E-state index contributed by atoms with van der Waals surface area (Å²) in [5.74, 6) is 0.203. The van der Waals surface area contributed by atoms with Gasteiger partial charge in [0.15, 0.2) is 5.82 Å². The van der Waals surface area contributed by atoms with Crippen LogP contribution in [0, 0.1) is 0 Å². The molecule has 0 atom stereocenters. The monoisotopic (exact) mass is 512 g/mol. The summed E-state index contributed by atoms with van der Waals surface area (Å²) in [5, 5.41) is 3.69. The highest BCUT2D eigenvalue weighted by Gasteiger charge is 2.21. The highest BCUT2D eigenvalue weighted by atomic mass is 16.5. The van der Waals surface area contributed by atoms with E-state index >= 15 is 0 Å². The van der Waals surface area contributed by atoms with Crippen LogP contribution in [0.4, 0.5) is 0 Å². The molecular weight excluding hydrogens is 464 g/mol. The predicted molar refractivity (Wildman–Crippen MR) is 149 cm³/mol. The molecule has 1 saturated heterocycles. The van der Waals surface area contributed by atoms with Crippen LogP contribution in [-0.4, -0.2) is 58.6 Å². The molecule has 2 aromatic rings. The van der Waals surface area contributed by atoms with Gasteiger partial charge in [-0.1, -0.05) is 94.8 Å². The molecule has 0 unspecified atom stereocenters. The van der Waals surface area contributed by atoms with Crippen LogP contribution in [0.1, 0.15) is 112 Å². The molecule has 0 bridgehead atoms. The molecule has 37 heavy (non-hydrogen) atoms. The van der Waals surface area contributed by atoms with Crippen molar-refractivity contribution >= 4 is 5.91 Å². The molecule has 1 N–H and O–H groups in total. The van der Waals surface area contributed by atoms with E-state index in [0.717, 1.165) is 51.1 Å². The van der Waals surface area contributed by atoms with Crippen LogP contribution in [0.25, 0.3) is 0 Å². The average molecular weight is 513 g/mol. The van der Waals surface area contributed by atoms with E-state index in [1.54, 1.807) is 0 Å². The number of carbonyl (C=O) groups is 1. The van der Waals surface area contributed by atoms with Gasteiger partial charge in [-0.15, -0.1) is 0 Å². The number of benzene rings is 1. The third-order valence-corrected chi connectivity index (χ3v) is 7.55. The van der Waals surface area contributed by atoms with E-state index in [2.05, 4.69) is 26.5 Å². The van der Waals surface area contributed by atoms with E-state index < -0.39 is 5.76 Å². The zero-order valence-corrected chi connectivity index (χ0v) is 23.0. The number of piperazine rings is 1. The number of hydrogen-bond acceptors (Lipinski definition) is 5. The fourth-order valence-electron chi connectivity index (χ4n) is 5.18. The lowest BCUT2D eigenvalue weighted by atomic mass is 10.0. The van der Waals surface area contributed by atoms with Crippen molar-refractivity contribution in [2.24, 2.45) is 0 Å². The number of H-pyrrole nitrogens is 1. The number of nitrogens with zero attached hydrogens (tertiary/aromatic N) is 3. The molecule has 1 aromatic carbocycles. The number of hydrogen-bond donors (Lipinski definition) is 1. The number of nitrogens with one attached hydrogen (secondary N) is 1. The molecule has 7 heteroatoms. The zero-order valence-electron chi connectivity index (χ0n) is 23.0. The van der Waals surface area contributed by atoms with E-state index in [-0.39, 0.29) is 5.91 Å². The second-order valence-corrected chi connectivity index (χ2v) is 10.6. The van der Waals surface area contributed by atoms with Crippen molar-refractivity contribution in [2.75, 3.05) is 32.7 Å². The van der Waals surface area contributed by atoms with Crippen LogP contribution in [-0.2, 0) is 12.8 Å². The Morgan fingerprint density at radius 3 is 1.97 bits per heavy atom. The van der Waals surface area contributed by atoms with Gasteiger partial charge in [-0.3, -0.25) is 19.2 Å². The van der Waals surface area contributed by atoms with E-state index in [0.29, 0.717) is 12.2 Å². The first-order chi connectivity index (χ1) is 18.2. The van der Waals surface area contributed by atoms with Crippen LogP contribution in [0.3, 0.4) is 0 Å². The third kappa shape index (κ3) is 11.2. The van der Waals surface area contributed by atoms with Gasteiger partial charge in [-0.25, -0.2) is 4.79 Å². The van der Waals surface area contributed by atoms with Gasteiger partial charge in [0, 0.05) is 38.2 Å². The van der Waals surface area contributed by atoms with E-state index in [4.69, 9.17) is 0 Å². The molecule has 1 amide bonds. The lowest BCUT2D eigenvalue weighted by Crippen LogP contribution is -2.48. The number of aryl methyl sites for hydroxylation is 2.